The molecule has 0 saturated carbocycles. The number of rotatable bonds is 1. The van der Waals surface area contributed by atoms with Gasteiger partial charge in [-0.3, -0.25) is 4.79 Å². The highest BCUT2D eigenvalue weighted by Gasteiger charge is 2.15. The molecule has 2 rings (SSSR count). The van der Waals surface area contributed by atoms with Crippen LogP contribution in [0.1, 0.15) is 37.1 Å². The van der Waals surface area contributed by atoms with Crippen LogP contribution in [0.5, 0.6) is 0 Å². The number of aliphatic hydroxyl groups is 1. The summed E-state index contributed by atoms with van der Waals surface area (Å²) in [7, 11) is 0. The van der Waals surface area contributed by atoms with Crippen molar-refractivity contribution in [1.29, 1.82) is 0 Å². The minimum absolute atomic E-state index is 0.00463. The van der Waals surface area contributed by atoms with E-state index < -0.39 is 0 Å². The van der Waals surface area contributed by atoms with Gasteiger partial charge in [0, 0.05) is 17.8 Å². The van der Waals surface area contributed by atoms with Crippen molar-refractivity contribution in [3.63, 3.8) is 0 Å². The van der Waals surface area contributed by atoms with Crippen molar-refractivity contribution in [3.05, 3.63) is 33.2 Å². The van der Waals surface area contributed by atoms with E-state index >= 15 is 0 Å². The van der Waals surface area contributed by atoms with Crippen molar-refractivity contribution in [2.45, 2.75) is 46.8 Å². The monoisotopic (exact) mass is 209 g/mol. The minimum atomic E-state index is -0.148. The second kappa shape index (κ2) is 5.12. The maximum atomic E-state index is 11.7. The lowest BCUT2D eigenvalue weighted by molar-refractivity contribution is 0.278. The normalized spacial score (nSPS) is 13.1. The van der Waals surface area contributed by atoms with Gasteiger partial charge in [-0.1, -0.05) is 13.8 Å². The number of aromatic nitrogens is 1. The van der Waals surface area contributed by atoms with Gasteiger partial charge in [-0.15, -0.1) is 0 Å². The van der Waals surface area contributed by atoms with E-state index in [-0.39, 0.29) is 12.2 Å². The molecule has 0 bridgehead atoms. The number of hydrogen-bond acceptors (Lipinski definition) is 2. The molecule has 0 aliphatic carbocycles. The molecule has 0 amide bonds. The Morgan fingerprint density at radius 3 is 2.73 bits per heavy atom. The van der Waals surface area contributed by atoms with Gasteiger partial charge in [0.25, 0.3) is 5.56 Å². The summed E-state index contributed by atoms with van der Waals surface area (Å²) >= 11 is 0. The minimum Gasteiger partial charge on any atom is -0.391 e. The molecule has 0 radical (unpaired) electrons. The molecule has 2 heterocycles. The van der Waals surface area contributed by atoms with E-state index in [0.29, 0.717) is 5.56 Å². The summed E-state index contributed by atoms with van der Waals surface area (Å²) in [5, 5.41) is 9.02. The average Bonchev–Trinajstić information content (AvgIpc) is 2.69. The van der Waals surface area contributed by atoms with E-state index in [1.165, 1.54) is 0 Å². The predicted octanol–water partition coefficient (Wildman–Crippen LogP) is 1.62. The fraction of sp³-hybridized carbons (Fsp3) is 0.583. The van der Waals surface area contributed by atoms with Gasteiger partial charge < -0.3 is 9.67 Å². The Morgan fingerprint density at radius 2 is 2.13 bits per heavy atom. The third kappa shape index (κ3) is 2.12. The topological polar surface area (TPSA) is 42.2 Å². The first-order valence-electron chi connectivity index (χ1n) is 5.57. The van der Waals surface area contributed by atoms with Crippen LogP contribution in [-0.2, 0) is 19.6 Å². The molecule has 0 saturated heterocycles. The zero-order valence-electron chi connectivity index (χ0n) is 9.71. The number of aryl methyl sites for hydroxylation is 2. The van der Waals surface area contributed by atoms with Gasteiger partial charge in [0.1, 0.15) is 0 Å². The van der Waals surface area contributed by atoms with E-state index in [0.717, 1.165) is 30.6 Å². The fourth-order valence-corrected chi connectivity index (χ4v) is 1.94. The molecule has 3 nitrogen and oxygen atoms in total. The number of pyridine rings is 1. The standard InChI is InChI=1S/C10H13NO2.C2H6/c1-7-5-8-3-2-4-11(8)10(13)9(7)6-12;1-2/h5,12H,2-4,6H2,1H3;1-2H3. The maximum absolute atomic E-state index is 11.7. The highest BCUT2D eigenvalue weighted by Crippen LogP contribution is 2.14. The first kappa shape index (κ1) is 12.0. The molecule has 84 valence electrons. The van der Waals surface area contributed by atoms with Gasteiger partial charge >= 0.3 is 0 Å². The van der Waals surface area contributed by atoms with Crippen LogP contribution in [0.15, 0.2) is 10.9 Å². The van der Waals surface area contributed by atoms with Gasteiger partial charge in [-0.2, -0.15) is 0 Å². The summed E-state index contributed by atoms with van der Waals surface area (Å²) in [5.74, 6) is 0. The number of fused-ring (bicyclic) bond motifs is 1. The van der Waals surface area contributed by atoms with Crippen molar-refractivity contribution >= 4 is 0 Å². The molecule has 1 aromatic rings. The molecular weight excluding hydrogens is 190 g/mol. The summed E-state index contributed by atoms with van der Waals surface area (Å²) in [5.41, 5.74) is 2.57. The summed E-state index contributed by atoms with van der Waals surface area (Å²) in [4.78, 5) is 11.7. The molecule has 1 aromatic heterocycles. The Labute approximate surface area is 90.4 Å². The third-order valence-electron chi connectivity index (χ3n) is 2.68. The molecule has 0 atom stereocenters. The molecule has 0 spiro atoms. The molecule has 3 heteroatoms. The molecule has 1 N–H and O–H groups in total. The molecule has 0 fully saturated rings. The van der Waals surface area contributed by atoms with Gasteiger partial charge in [-0.25, -0.2) is 0 Å². The highest BCUT2D eigenvalue weighted by atomic mass is 16.3. The van der Waals surface area contributed by atoms with Crippen LogP contribution in [0.2, 0.25) is 0 Å². The first-order chi connectivity index (χ1) is 7.24. The Kier molecular flexibility index (Phi) is 4.09. The number of nitrogens with zero attached hydrogens (tertiary/aromatic N) is 1. The maximum Gasteiger partial charge on any atom is 0.256 e. The third-order valence-corrected chi connectivity index (χ3v) is 2.68. The van der Waals surface area contributed by atoms with Crippen LogP contribution in [0.4, 0.5) is 0 Å². The lowest BCUT2D eigenvalue weighted by atomic mass is 10.1. The summed E-state index contributed by atoms with van der Waals surface area (Å²) in [6, 6.07) is 2.01. The van der Waals surface area contributed by atoms with E-state index in [2.05, 4.69) is 0 Å². The fourth-order valence-electron chi connectivity index (χ4n) is 1.94. The summed E-state index contributed by atoms with van der Waals surface area (Å²) in [6.45, 7) is 6.54. The Hall–Kier alpha value is -1.09. The lowest BCUT2D eigenvalue weighted by Gasteiger charge is -2.07. The molecule has 0 unspecified atom stereocenters. The summed E-state index contributed by atoms with van der Waals surface area (Å²) in [6.07, 6.45) is 2.03. The largest absolute Gasteiger partial charge is 0.391 e. The van der Waals surface area contributed by atoms with E-state index in [1.54, 1.807) is 4.57 Å². The Bertz CT molecular complexity index is 387. The highest BCUT2D eigenvalue weighted by molar-refractivity contribution is 5.27. The number of aliphatic hydroxyl groups excluding tert-OH is 1. The van der Waals surface area contributed by atoms with E-state index in [4.69, 9.17) is 5.11 Å². The Balaban J connectivity index is 0.000000531. The molecule has 15 heavy (non-hydrogen) atoms. The van der Waals surface area contributed by atoms with Gasteiger partial charge in [-0.05, 0) is 31.4 Å². The first-order valence-corrected chi connectivity index (χ1v) is 5.57. The van der Waals surface area contributed by atoms with Crippen molar-refractivity contribution in [2.24, 2.45) is 0 Å². The van der Waals surface area contributed by atoms with Crippen LogP contribution in [0.25, 0.3) is 0 Å². The zero-order valence-corrected chi connectivity index (χ0v) is 9.71. The predicted molar refractivity (Wildman–Crippen MR) is 61.0 cm³/mol. The van der Waals surface area contributed by atoms with Crippen LogP contribution in [0, 0.1) is 6.92 Å². The van der Waals surface area contributed by atoms with Crippen LogP contribution < -0.4 is 5.56 Å². The van der Waals surface area contributed by atoms with Gasteiger partial charge in [0.15, 0.2) is 0 Å². The average molecular weight is 209 g/mol. The van der Waals surface area contributed by atoms with E-state index in [9.17, 15) is 4.79 Å². The van der Waals surface area contributed by atoms with Crippen molar-refractivity contribution in [2.75, 3.05) is 0 Å². The van der Waals surface area contributed by atoms with Crippen molar-refractivity contribution < 1.29 is 5.11 Å². The lowest BCUT2D eigenvalue weighted by Crippen LogP contribution is -2.24. The molecule has 0 aromatic carbocycles. The second-order valence-electron chi connectivity index (χ2n) is 3.52. The SMILES string of the molecule is CC.Cc1cc2n(c(=O)c1CO)CCC2. The smallest absolute Gasteiger partial charge is 0.256 e. The van der Waals surface area contributed by atoms with Crippen LogP contribution in [-0.4, -0.2) is 9.67 Å². The van der Waals surface area contributed by atoms with Crippen LogP contribution >= 0.6 is 0 Å². The zero-order chi connectivity index (χ0) is 11.4. The summed E-state index contributed by atoms with van der Waals surface area (Å²) < 4.78 is 1.78. The Morgan fingerprint density at radius 1 is 1.47 bits per heavy atom. The molecule has 1 aliphatic heterocycles. The van der Waals surface area contributed by atoms with Gasteiger partial charge in [0.05, 0.1) is 6.61 Å². The van der Waals surface area contributed by atoms with Crippen LogP contribution in [0.3, 0.4) is 0 Å². The molecule has 1 aliphatic rings. The van der Waals surface area contributed by atoms with E-state index in [1.807, 2.05) is 26.8 Å². The second-order valence-corrected chi connectivity index (χ2v) is 3.52. The molecular formula is C12H19NO2. The van der Waals surface area contributed by atoms with Gasteiger partial charge in [0.2, 0.25) is 0 Å². The number of hydrogen-bond donors (Lipinski definition) is 1. The quantitative estimate of drug-likeness (QED) is 0.763. The van der Waals surface area contributed by atoms with Crippen molar-refractivity contribution in [1.82, 2.24) is 4.57 Å². The van der Waals surface area contributed by atoms with Crippen molar-refractivity contribution in [3.8, 4) is 0 Å².